The van der Waals surface area contributed by atoms with E-state index in [9.17, 15) is 0 Å². The summed E-state index contributed by atoms with van der Waals surface area (Å²) in [4.78, 5) is 4.14. The fourth-order valence-corrected chi connectivity index (χ4v) is 2.25. The molecule has 3 rings (SSSR count). The molecule has 1 N–H and O–H groups in total. The number of nitrogens with zero attached hydrogens (tertiary/aromatic N) is 2. The van der Waals surface area contributed by atoms with E-state index in [1.807, 2.05) is 17.5 Å². The second kappa shape index (κ2) is 4.66. The molecule has 5 nitrogen and oxygen atoms in total. The lowest BCUT2D eigenvalue weighted by atomic mass is 10.1. The van der Waals surface area contributed by atoms with Crippen molar-refractivity contribution in [2.75, 3.05) is 6.61 Å². The minimum Gasteiger partial charge on any atom is -0.486 e. The Bertz CT molecular complexity index is 581. The average molecular weight is 262 g/mol. The number of benzene rings is 1. The van der Waals surface area contributed by atoms with Gasteiger partial charge >= 0.3 is 0 Å². The van der Waals surface area contributed by atoms with Crippen LogP contribution in [0.4, 0.5) is 0 Å². The zero-order valence-corrected chi connectivity index (χ0v) is 10.2. The van der Waals surface area contributed by atoms with Crippen LogP contribution in [0.1, 0.15) is 10.6 Å². The Morgan fingerprint density at radius 2 is 2.44 bits per heavy atom. The van der Waals surface area contributed by atoms with Crippen LogP contribution in [0.25, 0.3) is 0 Å². The summed E-state index contributed by atoms with van der Waals surface area (Å²) in [5.74, 6) is 1.39. The number of hydrogen-bond donors (Lipinski definition) is 1. The number of fused-ring (bicyclic) bond motifs is 1. The molecular formula is C12H10N2O3S. The molecule has 1 aromatic carbocycles. The van der Waals surface area contributed by atoms with E-state index in [2.05, 4.69) is 10.1 Å². The molecule has 1 aliphatic rings. The van der Waals surface area contributed by atoms with Crippen LogP contribution in [-0.2, 0) is 6.61 Å². The highest BCUT2D eigenvalue weighted by Crippen LogP contribution is 2.30. The molecule has 2 heterocycles. The van der Waals surface area contributed by atoms with Crippen LogP contribution < -0.4 is 9.47 Å². The molecule has 0 saturated heterocycles. The molecular weight excluding hydrogens is 252 g/mol. The van der Waals surface area contributed by atoms with Crippen molar-refractivity contribution < 1.29 is 14.7 Å². The lowest BCUT2D eigenvalue weighted by Gasteiger charge is -2.05. The van der Waals surface area contributed by atoms with E-state index in [0.29, 0.717) is 30.4 Å². The number of thiazole rings is 1. The summed E-state index contributed by atoms with van der Waals surface area (Å²) in [6.45, 7) is 0.735. The molecule has 0 spiro atoms. The van der Waals surface area contributed by atoms with Crippen LogP contribution in [-0.4, -0.2) is 22.5 Å². The van der Waals surface area contributed by atoms with Gasteiger partial charge in [0.1, 0.15) is 35.4 Å². The summed E-state index contributed by atoms with van der Waals surface area (Å²) in [5, 5.41) is 14.8. The maximum Gasteiger partial charge on any atom is 0.140 e. The molecule has 1 aliphatic heterocycles. The van der Waals surface area contributed by atoms with Crippen molar-refractivity contribution in [2.45, 2.75) is 6.61 Å². The monoisotopic (exact) mass is 262 g/mol. The molecule has 18 heavy (non-hydrogen) atoms. The van der Waals surface area contributed by atoms with Gasteiger partial charge in [0.2, 0.25) is 0 Å². The first kappa shape index (κ1) is 11.0. The van der Waals surface area contributed by atoms with Crippen LogP contribution >= 0.6 is 11.3 Å². The van der Waals surface area contributed by atoms with Gasteiger partial charge in [-0.1, -0.05) is 5.16 Å². The largest absolute Gasteiger partial charge is 0.486 e. The van der Waals surface area contributed by atoms with E-state index in [1.54, 1.807) is 23.6 Å². The lowest BCUT2D eigenvalue weighted by Crippen LogP contribution is -2.01. The maximum atomic E-state index is 8.78. The van der Waals surface area contributed by atoms with Gasteiger partial charge in [-0.3, -0.25) is 0 Å². The van der Waals surface area contributed by atoms with Crippen molar-refractivity contribution in [3.8, 4) is 11.5 Å². The minimum atomic E-state index is 0.293. The molecule has 6 heteroatoms. The lowest BCUT2D eigenvalue weighted by molar-refractivity contribution is 0.302. The van der Waals surface area contributed by atoms with Gasteiger partial charge in [0.25, 0.3) is 0 Å². The Morgan fingerprint density at radius 1 is 1.50 bits per heavy atom. The normalized spacial score (nSPS) is 15.4. The van der Waals surface area contributed by atoms with E-state index in [-0.39, 0.29) is 0 Å². The smallest absolute Gasteiger partial charge is 0.140 e. The van der Waals surface area contributed by atoms with Crippen LogP contribution in [0, 0.1) is 0 Å². The van der Waals surface area contributed by atoms with Gasteiger partial charge in [0, 0.05) is 23.2 Å². The molecule has 0 fully saturated rings. The number of aromatic nitrogens is 1. The average Bonchev–Trinajstić information content (AvgIpc) is 3.05. The third-order valence-corrected chi connectivity index (χ3v) is 3.35. The first-order valence-corrected chi connectivity index (χ1v) is 6.24. The number of oxime groups is 1. The van der Waals surface area contributed by atoms with Gasteiger partial charge in [-0.2, -0.15) is 0 Å². The minimum absolute atomic E-state index is 0.293. The zero-order valence-electron chi connectivity index (χ0n) is 9.37. The van der Waals surface area contributed by atoms with Crippen LogP contribution in [0.5, 0.6) is 11.5 Å². The molecule has 0 aliphatic carbocycles. The highest BCUT2D eigenvalue weighted by atomic mass is 32.1. The van der Waals surface area contributed by atoms with Crippen molar-refractivity contribution >= 4 is 17.0 Å². The maximum absolute atomic E-state index is 8.78. The third-order valence-electron chi connectivity index (χ3n) is 2.59. The van der Waals surface area contributed by atoms with Crippen molar-refractivity contribution in [1.29, 1.82) is 0 Å². The molecule has 0 saturated carbocycles. The van der Waals surface area contributed by atoms with Gasteiger partial charge < -0.3 is 14.7 Å². The predicted octanol–water partition coefficient (Wildman–Crippen LogP) is 2.29. The highest BCUT2D eigenvalue weighted by molar-refractivity contribution is 7.09. The van der Waals surface area contributed by atoms with Crippen LogP contribution in [0.15, 0.2) is 34.9 Å². The molecule has 0 radical (unpaired) electrons. The van der Waals surface area contributed by atoms with Crippen molar-refractivity contribution in [3.05, 3.63) is 40.3 Å². The fraction of sp³-hybridized carbons (Fsp3) is 0.167. The predicted molar refractivity (Wildman–Crippen MR) is 66.7 cm³/mol. The molecule has 0 atom stereocenters. The fourth-order valence-electron chi connectivity index (χ4n) is 1.73. The molecule has 0 bridgehead atoms. The molecule has 0 unspecified atom stereocenters. The third kappa shape index (κ3) is 2.02. The zero-order chi connectivity index (χ0) is 12.4. The summed E-state index contributed by atoms with van der Waals surface area (Å²) in [5.41, 5.74) is 1.34. The first-order valence-electron chi connectivity index (χ1n) is 5.36. The summed E-state index contributed by atoms with van der Waals surface area (Å²) in [6.07, 6.45) is 1.75. The second-order valence-electron chi connectivity index (χ2n) is 3.71. The molecule has 1 aromatic heterocycles. The van der Waals surface area contributed by atoms with Gasteiger partial charge in [-0.15, -0.1) is 11.3 Å². The van der Waals surface area contributed by atoms with Crippen LogP contribution in [0.2, 0.25) is 0 Å². The van der Waals surface area contributed by atoms with E-state index in [4.69, 9.17) is 14.7 Å². The quantitative estimate of drug-likeness (QED) is 0.681. The number of rotatable bonds is 3. The molecule has 0 amide bonds. The van der Waals surface area contributed by atoms with Crippen molar-refractivity contribution in [3.63, 3.8) is 0 Å². The van der Waals surface area contributed by atoms with E-state index in [1.165, 1.54) is 0 Å². The van der Waals surface area contributed by atoms with Gasteiger partial charge in [-0.05, 0) is 12.1 Å². The Hall–Kier alpha value is -2.08. The SMILES string of the molecule is ON=C1COc2cc(OCc3nccs3)ccc21. The van der Waals surface area contributed by atoms with Gasteiger partial charge in [-0.25, -0.2) is 4.98 Å². The van der Waals surface area contributed by atoms with E-state index < -0.39 is 0 Å². The topological polar surface area (TPSA) is 63.9 Å². The van der Waals surface area contributed by atoms with Crippen molar-refractivity contribution in [2.24, 2.45) is 5.16 Å². The Kier molecular flexibility index (Phi) is 2.85. The number of hydrogen-bond acceptors (Lipinski definition) is 6. The second-order valence-corrected chi connectivity index (χ2v) is 4.69. The summed E-state index contributed by atoms with van der Waals surface area (Å²) in [6, 6.07) is 5.45. The first-order chi connectivity index (χ1) is 8.86. The Morgan fingerprint density at radius 3 is 3.22 bits per heavy atom. The summed E-state index contributed by atoms with van der Waals surface area (Å²) < 4.78 is 11.0. The Balaban J connectivity index is 1.75. The summed E-state index contributed by atoms with van der Waals surface area (Å²) >= 11 is 1.55. The van der Waals surface area contributed by atoms with Gasteiger partial charge in [0.05, 0.1) is 0 Å². The Labute approximate surface area is 107 Å². The van der Waals surface area contributed by atoms with Gasteiger partial charge in [0.15, 0.2) is 0 Å². The highest BCUT2D eigenvalue weighted by Gasteiger charge is 2.20. The summed E-state index contributed by atoms with van der Waals surface area (Å²) in [7, 11) is 0. The molecule has 92 valence electrons. The number of ether oxygens (including phenoxy) is 2. The van der Waals surface area contributed by atoms with E-state index in [0.717, 1.165) is 10.6 Å². The van der Waals surface area contributed by atoms with Crippen molar-refractivity contribution in [1.82, 2.24) is 4.98 Å². The van der Waals surface area contributed by atoms with E-state index >= 15 is 0 Å². The molecule has 2 aromatic rings. The van der Waals surface area contributed by atoms with Crippen LogP contribution in [0.3, 0.4) is 0 Å². The standard InChI is InChI=1S/C12H10N2O3S/c15-14-10-6-17-11-5-8(1-2-9(10)11)16-7-12-13-3-4-18-12/h1-5,15H,6-7H2.